The van der Waals surface area contributed by atoms with E-state index in [1.54, 1.807) is 12.1 Å². The number of H-pyrrole nitrogens is 1. The van der Waals surface area contributed by atoms with Crippen LogP contribution in [0.1, 0.15) is 27.6 Å². The van der Waals surface area contributed by atoms with E-state index in [9.17, 15) is 9.59 Å². The molecule has 0 aliphatic carbocycles. The Kier molecular flexibility index (Phi) is 3.51. The van der Waals surface area contributed by atoms with Crippen LogP contribution in [-0.2, 0) is 4.74 Å². The van der Waals surface area contributed by atoms with Gasteiger partial charge in [0, 0.05) is 16.5 Å². The first kappa shape index (κ1) is 14.1. The SMILES string of the molecule is COC(=O)c1c(-c2ccc(C(C)=O)cc2)[nH]c2ccccc12. The van der Waals surface area contributed by atoms with Crippen molar-refractivity contribution in [1.29, 1.82) is 0 Å². The predicted octanol–water partition coefficient (Wildman–Crippen LogP) is 3.82. The largest absolute Gasteiger partial charge is 0.465 e. The number of aromatic nitrogens is 1. The molecular formula is C18H15NO3. The zero-order chi connectivity index (χ0) is 15.7. The maximum Gasteiger partial charge on any atom is 0.340 e. The van der Waals surface area contributed by atoms with Gasteiger partial charge >= 0.3 is 5.97 Å². The number of ether oxygens (including phenoxy) is 1. The second-order valence-electron chi connectivity index (χ2n) is 5.05. The van der Waals surface area contributed by atoms with Crippen LogP contribution in [0.2, 0.25) is 0 Å². The van der Waals surface area contributed by atoms with Crippen molar-refractivity contribution in [3.63, 3.8) is 0 Å². The molecule has 3 rings (SSSR count). The van der Waals surface area contributed by atoms with Gasteiger partial charge in [-0.3, -0.25) is 4.79 Å². The fraction of sp³-hybridized carbons (Fsp3) is 0.111. The maximum absolute atomic E-state index is 12.2. The zero-order valence-corrected chi connectivity index (χ0v) is 12.3. The van der Waals surface area contributed by atoms with Crippen molar-refractivity contribution in [3.8, 4) is 11.3 Å². The predicted molar refractivity (Wildman–Crippen MR) is 85.1 cm³/mol. The van der Waals surface area contributed by atoms with Crippen molar-refractivity contribution < 1.29 is 14.3 Å². The van der Waals surface area contributed by atoms with Crippen LogP contribution in [0.25, 0.3) is 22.2 Å². The number of fused-ring (bicyclic) bond motifs is 1. The number of rotatable bonds is 3. The van der Waals surface area contributed by atoms with Gasteiger partial charge in [0.15, 0.2) is 5.78 Å². The third-order valence-corrected chi connectivity index (χ3v) is 3.68. The molecule has 4 heteroatoms. The Morgan fingerprint density at radius 2 is 1.68 bits per heavy atom. The van der Waals surface area contributed by atoms with Crippen molar-refractivity contribution in [2.75, 3.05) is 7.11 Å². The number of Topliss-reactive ketones (excluding diaryl/α,β-unsaturated/α-hetero) is 1. The van der Waals surface area contributed by atoms with Crippen LogP contribution in [-0.4, -0.2) is 23.8 Å². The minimum atomic E-state index is -0.386. The Morgan fingerprint density at radius 1 is 1.00 bits per heavy atom. The Balaban J connectivity index is 2.21. The van der Waals surface area contributed by atoms with E-state index in [0.29, 0.717) is 16.8 Å². The lowest BCUT2D eigenvalue weighted by molar-refractivity contribution is 0.0603. The van der Waals surface area contributed by atoms with E-state index < -0.39 is 0 Å². The number of ketones is 1. The van der Waals surface area contributed by atoms with E-state index in [1.807, 2.05) is 36.4 Å². The minimum absolute atomic E-state index is 0.0105. The summed E-state index contributed by atoms with van der Waals surface area (Å²) in [7, 11) is 1.37. The lowest BCUT2D eigenvalue weighted by Crippen LogP contribution is -2.02. The number of nitrogens with one attached hydrogen (secondary N) is 1. The lowest BCUT2D eigenvalue weighted by Gasteiger charge is -2.04. The molecule has 3 aromatic rings. The average Bonchev–Trinajstić information content (AvgIpc) is 2.93. The quantitative estimate of drug-likeness (QED) is 0.590. The van der Waals surface area contributed by atoms with E-state index in [4.69, 9.17) is 4.74 Å². The molecule has 0 unspecified atom stereocenters. The molecule has 0 fully saturated rings. The Hall–Kier alpha value is -2.88. The number of hydrogen-bond donors (Lipinski definition) is 1. The van der Waals surface area contributed by atoms with E-state index in [2.05, 4.69) is 4.98 Å². The number of para-hydroxylation sites is 1. The van der Waals surface area contributed by atoms with Crippen molar-refractivity contribution >= 4 is 22.7 Å². The normalized spacial score (nSPS) is 10.6. The molecular weight excluding hydrogens is 278 g/mol. The summed E-state index contributed by atoms with van der Waals surface area (Å²) in [6.45, 7) is 1.53. The summed E-state index contributed by atoms with van der Waals surface area (Å²) >= 11 is 0. The average molecular weight is 293 g/mol. The molecule has 1 heterocycles. The molecule has 2 aromatic carbocycles. The van der Waals surface area contributed by atoms with Crippen LogP contribution in [0, 0.1) is 0 Å². The van der Waals surface area contributed by atoms with Gasteiger partial charge in [0.1, 0.15) is 0 Å². The summed E-state index contributed by atoms with van der Waals surface area (Å²) in [6, 6.07) is 14.7. The second-order valence-corrected chi connectivity index (χ2v) is 5.05. The molecule has 0 amide bonds. The summed E-state index contributed by atoms with van der Waals surface area (Å²) < 4.78 is 4.91. The van der Waals surface area contributed by atoms with Gasteiger partial charge in [0.2, 0.25) is 0 Å². The number of carbonyl (C=O) groups is 2. The minimum Gasteiger partial charge on any atom is -0.465 e. The van der Waals surface area contributed by atoms with Crippen LogP contribution < -0.4 is 0 Å². The molecule has 0 atom stereocenters. The number of hydrogen-bond acceptors (Lipinski definition) is 3. The summed E-state index contributed by atoms with van der Waals surface area (Å²) in [5.41, 5.74) is 3.55. The smallest absolute Gasteiger partial charge is 0.340 e. The second kappa shape index (κ2) is 5.48. The Labute approximate surface area is 127 Å². The standard InChI is InChI=1S/C18H15NO3/c1-11(20)12-7-9-13(10-8-12)17-16(18(21)22-2)14-5-3-4-6-15(14)19-17/h3-10,19H,1-2H3. The first-order valence-corrected chi connectivity index (χ1v) is 6.92. The molecule has 0 saturated heterocycles. The summed E-state index contributed by atoms with van der Waals surface area (Å²) in [6.07, 6.45) is 0. The highest BCUT2D eigenvalue weighted by Crippen LogP contribution is 2.31. The molecule has 0 radical (unpaired) electrons. The third kappa shape index (κ3) is 2.29. The van der Waals surface area contributed by atoms with E-state index in [0.717, 1.165) is 16.5 Å². The highest BCUT2D eigenvalue weighted by atomic mass is 16.5. The van der Waals surface area contributed by atoms with E-state index in [1.165, 1.54) is 14.0 Å². The highest BCUT2D eigenvalue weighted by Gasteiger charge is 2.20. The molecule has 110 valence electrons. The molecule has 0 aliphatic rings. The number of benzene rings is 2. The van der Waals surface area contributed by atoms with E-state index >= 15 is 0 Å². The van der Waals surface area contributed by atoms with Gasteiger partial charge in [-0.25, -0.2) is 4.79 Å². The number of methoxy groups -OCH3 is 1. The molecule has 1 N–H and O–H groups in total. The Morgan fingerprint density at radius 3 is 2.32 bits per heavy atom. The van der Waals surface area contributed by atoms with Gasteiger partial charge in [-0.15, -0.1) is 0 Å². The zero-order valence-electron chi connectivity index (χ0n) is 12.3. The first-order valence-electron chi connectivity index (χ1n) is 6.92. The van der Waals surface area contributed by atoms with Crippen molar-refractivity contribution in [1.82, 2.24) is 4.98 Å². The van der Waals surface area contributed by atoms with Crippen molar-refractivity contribution in [2.24, 2.45) is 0 Å². The molecule has 4 nitrogen and oxygen atoms in total. The lowest BCUT2D eigenvalue weighted by atomic mass is 10.0. The first-order chi connectivity index (χ1) is 10.6. The van der Waals surface area contributed by atoms with Crippen LogP contribution in [0.5, 0.6) is 0 Å². The fourth-order valence-corrected chi connectivity index (χ4v) is 2.54. The van der Waals surface area contributed by atoms with Gasteiger partial charge in [-0.2, -0.15) is 0 Å². The molecule has 0 spiro atoms. The number of esters is 1. The molecule has 22 heavy (non-hydrogen) atoms. The van der Waals surface area contributed by atoms with Gasteiger partial charge < -0.3 is 9.72 Å². The van der Waals surface area contributed by atoms with Crippen LogP contribution >= 0.6 is 0 Å². The van der Waals surface area contributed by atoms with Gasteiger partial charge in [0.05, 0.1) is 18.4 Å². The monoisotopic (exact) mass is 293 g/mol. The Bertz CT molecular complexity index is 860. The van der Waals surface area contributed by atoms with E-state index in [-0.39, 0.29) is 11.8 Å². The number of carbonyl (C=O) groups excluding carboxylic acids is 2. The molecule has 0 bridgehead atoms. The van der Waals surface area contributed by atoms with Crippen molar-refractivity contribution in [3.05, 3.63) is 59.7 Å². The van der Waals surface area contributed by atoms with Crippen LogP contribution in [0.15, 0.2) is 48.5 Å². The van der Waals surface area contributed by atoms with Gasteiger partial charge in [-0.05, 0) is 18.6 Å². The van der Waals surface area contributed by atoms with Crippen LogP contribution in [0.3, 0.4) is 0 Å². The summed E-state index contributed by atoms with van der Waals surface area (Å²) in [4.78, 5) is 26.8. The van der Waals surface area contributed by atoms with Crippen molar-refractivity contribution in [2.45, 2.75) is 6.92 Å². The highest BCUT2D eigenvalue weighted by molar-refractivity contribution is 6.10. The summed E-state index contributed by atoms with van der Waals surface area (Å²) in [5.74, 6) is -0.375. The number of aromatic amines is 1. The topological polar surface area (TPSA) is 59.2 Å². The maximum atomic E-state index is 12.2. The third-order valence-electron chi connectivity index (χ3n) is 3.68. The molecule has 1 aromatic heterocycles. The van der Waals surface area contributed by atoms with Gasteiger partial charge in [-0.1, -0.05) is 42.5 Å². The summed E-state index contributed by atoms with van der Waals surface area (Å²) in [5, 5.41) is 0.819. The molecule has 0 saturated carbocycles. The van der Waals surface area contributed by atoms with Crippen LogP contribution in [0.4, 0.5) is 0 Å². The fourth-order valence-electron chi connectivity index (χ4n) is 2.54. The molecule has 0 aliphatic heterocycles. The van der Waals surface area contributed by atoms with Gasteiger partial charge in [0.25, 0.3) is 0 Å².